The smallest absolute Gasteiger partial charge is 0.242 e. The van der Waals surface area contributed by atoms with Crippen LogP contribution >= 0.6 is 11.6 Å². The van der Waals surface area contributed by atoms with Crippen LogP contribution in [0.4, 0.5) is 0 Å². The highest BCUT2D eigenvalue weighted by atomic mass is 35.5. The molecular weight excluding hydrogens is 216 g/mol. The zero-order chi connectivity index (χ0) is 11.0. The first-order valence-electron chi connectivity index (χ1n) is 4.60. The molecule has 6 heteroatoms. The van der Waals surface area contributed by atoms with Crippen LogP contribution in [-0.4, -0.2) is 26.1 Å². The Balaban J connectivity index is 2.59. The van der Waals surface area contributed by atoms with Gasteiger partial charge in [0.2, 0.25) is 5.88 Å². The summed E-state index contributed by atoms with van der Waals surface area (Å²) in [6.07, 6.45) is 0.0649. The van der Waals surface area contributed by atoms with Crippen molar-refractivity contribution < 1.29 is 4.74 Å². The topological polar surface area (TPSA) is 52.8 Å². The highest BCUT2D eigenvalue weighted by Gasteiger charge is 2.13. The molecule has 0 fully saturated rings. The standard InChI is InChI=1S/C9H11ClN4O/c1-5(2)15-9-6-4-7(10)11-12-8(6)14(3)13-9/h4-5H,1-3H3. The third kappa shape index (κ3) is 1.87. The van der Waals surface area contributed by atoms with E-state index in [0.717, 1.165) is 5.39 Å². The summed E-state index contributed by atoms with van der Waals surface area (Å²) in [6.45, 7) is 3.88. The van der Waals surface area contributed by atoms with Crippen LogP contribution in [0.15, 0.2) is 6.07 Å². The summed E-state index contributed by atoms with van der Waals surface area (Å²) in [5, 5.41) is 13.0. The van der Waals surface area contributed by atoms with E-state index in [1.807, 2.05) is 13.8 Å². The first-order valence-corrected chi connectivity index (χ1v) is 4.98. The predicted molar refractivity (Wildman–Crippen MR) is 57.1 cm³/mol. The van der Waals surface area contributed by atoms with Gasteiger partial charge in [-0.1, -0.05) is 11.6 Å². The number of hydrogen-bond donors (Lipinski definition) is 0. The summed E-state index contributed by atoms with van der Waals surface area (Å²) in [5.74, 6) is 0.541. The van der Waals surface area contributed by atoms with Crippen molar-refractivity contribution in [3.63, 3.8) is 0 Å². The summed E-state index contributed by atoms with van der Waals surface area (Å²) in [7, 11) is 1.79. The molecule has 0 radical (unpaired) electrons. The van der Waals surface area contributed by atoms with Crippen molar-refractivity contribution in [3.05, 3.63) is 11.2 Å². The number of halogens is 1. The minimum Gasteiger partial charge on any atom is -0.473 e. The maximum Gasteiger partial charge on any atom is 0.242 e. The zero-order valence-electron chi connectivity index (χ0n) is 8.73. The van der Waals surface area contributed by atoms with Crippen LogP contribution in [0.1, 0.15) is 13.8 Å². The lowest BCUT2D eigenvalue weighted by molar-refractivity contribution is 0.233. The fourth-order valence-corrected chi connectivity index (χ4v) is 1.45. The van der Waals surface area contributed by atoms with Crippen molar-refractivity contribution in [2.24, 2.45) is 7.05 Å². The molecule has 2 rings (SSSR count). The summed E-state index contributed by atoms with van der Waals surface area (Å²) < 4.78 is 7.17. The van der Waals surface area contributed by atoms with Gasteiger partial charge in [0.05, 0.1) is 11.5 Å². The monoisotopic (exact) mass is 226 g/mol. The van der Waals surface area contributed by atoms with Crippen molar-refractivity contribution in [2.75, 3.05) is 0 Å². The van der Waals surface area contributed by atoms with E-state index in [2.05, 4.69) is 15.3 Å². The number of fused-ring (bicyclic) bond motifs is 1. The number of rotatable bonds is 2. The molecule has 0 aliphatic heterocycles. The van der Waals surface area contributed by atoms with Gasteiger partial charge in [-0.05, 0) is 19.9 Å². The van der Waals surface area contributed by atoms with Crippen LogP contribution in [0.3, 0.4) is 0 Å². The average molecular weight is 227 g/mol. The van der Waals surface area contributed by atoms with Crippen molar-refractivity contribution >= 4 is 22.6 Å². The SMILES string of the molecule is CC(C)Oc1nn(C)c2nnc(Cl)cc12. The molecule has 2 heterocycles. The molecule has 2 aromatic rings. The summed E-state index contributed by atoms with van der Waals surface area (Å²) in [4.78, 5) is 0. The summed E-state index contributed by atoms with van der Waals surface area (Å²) >= 11 is 5.77. The average Bonchev–Trinajstić information content (AvgIpc) is 2.42. The van der Waals surface area contributed by atoms with Gasteiger partial charge < -0.3 is 4.74 Å². The lowest BCUT2D eigenvalue weighted by Crippen LogP contribution is -2.06. The largest absolute Gasteiger partial charge is 0.473 e. The number of ether oxygens (including phenoxy) is 1. The maximum atomic E-state index is 5.77. The number of nitrogens with zero attached hydrogens (tertiary/aromatic N) is 4. The first kappa shape index (κ1) is 10.2. The third-order valence-electron chi connectivity index (χ3n) is 1.87. The second-order valence-corrected chi connectivity index (χ2v) is 3.89. The highest BCUT2D eigenvalue weighted by molar-refractivity contribution is 6.29. The Morgan fingerprint density at radius 2 is 2.13 bits per heavy atom. The van der Waals surface area contributed by atoms with E-state index in [0.29, 0.717) is 16.7 Å². The Morgan fingerprint density at radius 1 is 1.40 bits per heavy atom. The van der Waals surface area contributed by atoms with Crippen LogP contribution in [0, 0.1) is 0 Å². The fourth-order valence-electron chi connectivity index (χ4n) is 1.31. The quantitative estimate of drug-likeness (QED) is 0.784. The van der Waals surface area contributed by atoms with Gasteiger partial charge in [0.1, 0.15) is 0 Å². The van der Waals surface area contributed by atoms with Crippen molar-refractivity contribution in [1.29, 1.82) is 0 Å². The minimum atomic E-state index is 0.0649. The van der Waals surface area contributed by atoms with E-state index in [1.54, 1.807) is 17.8 Å². The van der Waals surface area contributed by atoms with Crippen molar-refractivity contribution in [3.8, 4) is 5.88 Å². The van der Waals surface area contributed by atoms with Crippen LogP contribution in [-0.2, 0) is 7.05 Å². The zero-order valence-corrected chi connectivity index (χ0v) is 9.49. The van der Waals surface area contributed by atoms with Gasteiger partial charge in [0.25, 0.3) is 0 Å². The Hall–Kier alpha value is -1.36. The second-order valence-electron chi connectivity index (χ2n) is 3.50. The van der Waals surface area contributed by atoms with Gasteiger partial charge in [-0.3, -0.25) is 0 Å². The molecule has 0 atom stereocenters. The molecule has 0 unspecified atom stereocenters. The molecule has 80 valence electrons. The van der Waals surface area contributed by atoms with E-state index < -0.39 is 0 Å². The van der Waals surface area contributed by atoms with Gasteiger partial charge in [0, 0.05) is 7.05 Å². The lowest BCUT2D eigenvalue weighted by atomic mass is 10.4. The molecule has 2 aromatic heterocycles. The minimum absolute atomic E-state index is 0.0649. The molecular formula is C9H11ClN4O. The predicted octanol–water partition coefficient (Wildman–Crippen LogP) is 1.80. The highest BCUT2D eigenvalue weighted by Crippen LogP contribution is 2.24. The third-order valence-corrected chi connectivity index (χ3v) is 2.05. The molecule has 5 nitrogen and oxygen atoms in total. The van der Waals surface area contributed by atoms with Crippen LogP contribution in [0.25, 0.3) is 11.0 Å². The molecule has 0 aliphatic rings. The van der Waals surface area contributed by atoms with Gasteiger partial charge in [-0.2, -0.15) is 0 Å². The second kappa shape index (κ2) is 3.66. The molecule has 0 amide bonds. The van der Waals surface area contributed by atoms with Crippen LogP contribution < -0.4 is 4.74 Å². The molecule has 0 aliphatic carbocycles. The molecule has 0 saturated heterocycles. The van der Waals surface area contributed by atoms with Gasteiger partial charge in [-0.15, -0.1) is 15.3 Å². The molecule has 0 bridgehead atoms. The number of aromatic nitrogens is 4. The van der Waals surface area contributed by atoms with Crippen molar-refractivity contribution in [2.45, 2.75) is 20.0 Å². The Labute approximate surface area is 92.0 Å². The van der Waals surface area contributed by atoms with Crippen molar-refractivity contribution in [1.82, 2.24) is 20.0 Å². The fraction of sp³-hybridized carbons (Fsp3) is 0.444. The Bertz CT molecular complexity index is 494. The molecule has 15 heavy (non-hydrogen) atoms. The van der Waals surface area contributed by atoms with E-state index >= 15 is 0 Å². The maximum absolute atomic E-state index is 5.77. The van der Waals surface area contributed by atoms with E-state index in [4.69, 9.17) is 16.3 Å². The summed E-state index contributed by atoms with van der Waals surface area (Å²) in [5.41, 5.74) is 0.662. The number of aryl methyl sites for hydroxylation is 1. The molecule has 0 aromatic carbocycles. The van der Waals surface area contributed by atoms with E-state index in [1.165, 1.54) is 0 Å². The van der Waals surface area contributed by atoms with Gasteiger partial charge >= 0.3 is 0 Å². The molecule has 0 saturated carbocycles. The Kier molecular flexibility index (Phi) is 2.48. The van der Waals surface area contributed by atoms with Crippen LogP contribution in [0.5, 0.6) is 5.88 Å². The molecule has 0 N–H and O–H groups in total. The number of hydrogen-bond acceptors (Lipinski definition) is 4. The van der Waals surface area contributed by atoms with Gasteiger partial charge in [-0.25, -0.2) is 4.68 Å². The first-order chi connectivity index (χ1) is 7.08. The normalized spacial score (nSPS) is 11.3. The lowest BCUT2D eigenvalue weighted by Gasteiger charge is -2.05. The van der Waals surface area contributed by atoms with Crippen LogP contribution in [0.2, 0.25) is 5.15 Å². The van der Waals surface area contributed by atoms with E-state index in [9.17, 15) is 0 Å². The Morgan fingerprint density at radius 3 is 2.80 bits per heavy atom. The molecule has 0 spiro atoms. The summed E-state index contributed by atoms with van der Waals surface area (Å²) in [6, 6.07) is 1.70. The van der Waals surface area contributed by atoms with E-state index in [-0.39, 0.29) is 6.10 Å². The van der Waals surface area contributed by atoms with Gasteiger partial charge in [0.15, 0.2) is 10.8 Å².